The molecule has 1 aliphatic heterocycles. The van der Waals surface area contributed by atoms with Crippen LogP contribution in [0.15, 0.2) is 30.7 Å². The number of ether oxygens (including phenoxy) is 1. The number of rotatable bonds is 6. The Hall–Kier alpha value is -2.28. The Morgan fingerprint density at radius 2 is 2.14 bits per heavy atom. The second-order valence-corrected chi connectivity index (χ2v) is 4.89. The van der Waals surface area contributed by atoms with Gasteiger partial charge in [-0.15, -0.1) is 5.10 Å². The zero-order valence-electron chi connectivity index (χ0n) is 11.7. The molecule has 1 unspecified atom stereocenters. The summed E-state index contributed by atoms with van der Waals surface area (Å²) in [5.74, 6) is 1.21. The van der Waals surface area contributed by atoms with Gasteiger partial charge < -0.3 is 15.4 Å². The van der Waals surface area contributed by atoms with E-state index in [2.05, 4.69) is 30.8 Å². The van der Waals surface area contributed by atoms with Gasteiger partial charge in [-0.2, -0.15) is 10.1 Å². The number of nitrogens with zero attached hydrogens (tertiary/aromatic N) is 4. The van der Waals surface area contributed by atoms with E-state index in [9.17, 15) is 0 Å². The monoisotopic (exact) mass is 286 g/mol. The molecule has 2 aromatic heterocycles. The molecule has 3 heterocycles. The van der Waals surface area contributed by atoms with Crippen LogP contribution in [0.3, 0.4) is 0 Å². The van der Waals surface area contributed by atoms with Gasteiger partial charge in [0.1, 0.15) is 0 Å². The molecule has 0 aromatic carbocycles. The second kappa shape index (κ2) is 6.94. The minimum absolute atomic E-state index is 0.252. The highest BCUT2D eigenvalue weighted by molar-refractivity contribution is 5.37. The Morgan fingerprint density at radius 3 is 2.95 bits per heavy atom. The van der Waals surface area contributed by atoms with E-state index in [1.807, 2.05) is 12.1 Å². The van der Waals surface area contributed by atoms with Crippen molar-refractivity contribution in [1.29, 1.82) is 0 Å². The molecule has 2 aromatic rings. The molecule has 7 heteroatoms. The third-order valence-electron chi connectivity index (χ3n) is 3.29. The quantitative estimate of drug-likeness (QED) is 0.831. The number of hydrogen-bond acceptors (Lipinski definition) is 7. The summed E-state index contributed by atoms with van der Waals surface area (Å²) in [6.07, 6.45) is 7.60. The molecule has 0 bridgehead atoms. The zero-order valence-corrected chi connectivity index (χ0v) is 11.7. The first-order valence-corrected chi connectivity index (χ1v) is 7.08. The predicted molar refractivity (Wildman–Crippen MR) is 78.9 cm³/mol. The Labute approximate surface area is 123 Å². The predicted octanol–water partition coefficient (Wildman–Crippen LogP) is 1.47. The Bertz CT molecular complexity index is 558. The summed E-state index contributed by atoms with van der Waals surface area (Å²) >= 11 is 0. The van der Waals surface area contributed by atoms with Gasteiger partial charge in [0.05, 0.1) is 12.3 Å². The summed E-state index contributed by atoms with van der Waals surface area (Å²) in [6.45, 7) is 2.24. The van der Waals surface area contributed by atoms with Crippen molar-refractivity contribution in [2.45, 2.75) is 25.5 Å². The van der Waals surface area contributed by atoms with Crippen LogP contribution in [0.2, 0.25) is 0 Å². The zero-order chi connectivity index (χ0) is 14.3. The lowest BCUT2D eigenvalue weighted by Crippen LogP contribution is -2.20. The lowest BCUT2D eigenvalue weighted by Gasteiger charge is -2.11. The van der Waals surface area contributed by atoms with E-state index in [0.717, 1.165) is 31.6 Å². The fraction of sp³-hybridized carbons (Fsp3) is 0.429. The molecule has 21 heavy (non-hydrogen) atoms. The smallest absolute Gasteiger partial charge is 0.244 e. The van der Waals surface area contributed by atoms with Crippen LogP contribution in [0, 0.1) is 0 Å². The average Bonchev–Trinajstić information content (AvgIpc) is 3.06. The van der Waals surface area contributed by atoms with Crippen molar-refractivity contribution in [3.63, 3.8) is 0 Å². The van der Waals surface area contributed by atoms with Crippen molar-refractivity contribution in [2.75, 3.05) is 23.8 Å². The molecule has 0 spiro atoms. The van der Waals surface area contributed by atoms with Gasteiger partial charge in [0.25, 0.3) is 0 Å². The third kappa shape index (κ3) is 4.09. The maximum atomic E-state index is 5.55. The van der Waals surface area contributed by atoms with Crippen LogP contribution in [0.4, 0.5) is 11.8 Å². The number of nitrogens with one attached hydrogen (secondary N) is 2. The average molecular weight is 286 g/mol. The molecule has 0 amide bonds. The largest absolute Gasteiger partial charge is 0.376 e. The fourth-order valence-corrected chi connectivity index (χ4v) is 2.17. The highest BCUT2D eigenvalue weighted by Crippen LogP contribution is 2.12. The van der Waals surface area contributed by atoms with E-state index < -0.39 is 0 Å². The first-order chi connectivity index (χ1) is 10.4. The van der Waals surface area contributed by atoms with Crippen molar-refractivity contribution in [3.05, 3.63) is 36.3 Å². The fourth-order valence-electron chi connectivity index (χ4n) is 2.17. The van der Waals surface area contributed by atoms with Crippen molar-refractivity contribution in [3.8, 4) is 0 Å². The van der Waals surface area contributed by atoms with Crippen LogP contribution in [-0.2, 0) is 11.3 Å². The first kappa shape index (κ1) is 13.7. The summed E-state index contributed by atoms with van der Waals surface area (Å²) in [4.78, 5) is 8.37. The van der Waals surface area contributed by atoms with Gasteiger partial charge in [0.15, 0.2) is 5.82 Å². The lowest BCUT2D eigenvalue weighted by atomic mass is 10.2. The van der Waals surface area contributed by atoms with Gasteiger partial charge in [-0.3, -0.25) is 4.98 Å². The molecule has 2 N–H and O–H groups in total. The van der Waals surface area contributed by atoms with Crippen molar-refractivity contribution < 1.29 is 4.74 Å². The van der Waals surface area contributed by atoms with E-state index in [0.29, 0.717) is 18.3 Å². The highest BCUT2D eigenvalue weighted by Gasteiger charge is 2.15. The maximum absolute atomic E-state index is 5.55. The minimum Gasteiger partial charge on any atom is -0.376 e. The molecule has 1 fully saturated rings. The Morgan fingerprint density at radius 1 is 1.24 bits per heavy atom. The molecule has 0 aliphatic carbocycles. The number of hydrogen-bond donors (Lipinski definition) is 2. The standard InChI is InChI=1S/C14H18N6O/c1-2-12(21-7-1)9-17-14-19-13(10-18-20-14)16-8-11-3-5-15-6-4-11/h3-6,10,12H,1-2,7-9H2,(H2,16,17,19,20). The van der Waals surface area contributed by atoms with Crippen LogP contribution >= 0.6 is 0 Å². The molecule has 7 nitrogen and oxygen atoms in total. The lowest BCUT2D eigenvalue weighted by molar-refractivity contribution is 0.120. The van der Waals surface area contributed by atoms with E-state index in [4.69, 9.17) is 4.74 Å². The molecule has 1 aliphatic rings. The summed E-state index contributed by atoms with van der Waals surface area (Å²) in [7, 11) is 0. The summed E-state index contributed by atoms with van der Waals surface area (Å²) < 4.78 is 5.55. The van der Waals surface area contributed by atoms with Crippen molar-refractivity contribution >= 4 is 11.8 Å². The molecular formula is C14H18N6O. The molecule has 1 atom stereocenters. The summed E-state index contributed by atoms with van der Waals surface area (Å²) in [6, 6.07) is 3.91. The number of aromatic nitrogens is 4. The maximum Gasteiger partial charge on any atom is 0.244 e. The third-order valence-corrected chi connectivity index (χ3v) is 3.29. The molecule has 1 saturated heterocycles. The first-order valence-electron chi connectivity index (χ1n) is 7.08. The van der Waals surface area contributed by atoms with E-state index in [1.54, 1.807) is 18.6 Å². The van der Waals surface area contributed by atoms with E-state index >= 15 is 0 Å². The van der Waals surface area contributed by atoms with Crippen LogP contribution in [0.25, 0.3) is 0 Å². The van der Waals surface area contributed by atoms with Crippen LogP contribution < -0.4 is 10.6 Å². The molecular weight excluding hydrogens is 268 g/mol. The summed E-state index contributed by atoms with van der Waals surface area (Å²) in [5, 5.41) is 14.3. The minimum atomic E-state index is 0.252. The summed E-state index contributed by atoms with van der Waals surface area (Å²) in [5.41, 5.74) is 1.14. The number of anilines is 2. The topological polar surface area (TPSA) is 84.9 Å². The van der Waals surface area contributed by atoms with E-state index in [1.165, 1.54) is 0 Å². The van der Waals surface area contributed by atoms with Gasteiger partial charge in [-0.1, -0.05) is 0 Å². The van der Waals surface area contributed by atoms with E-state index in [-0.39, 0.29) is 6.10 Å². The second-order valence-electron chi connectivity index (χ2n) is 4.89. The molecule has 3 rings (SSSR count). The van der Waals surface area contributed by atoms with Crippen LogP contribution in [0.1, 0.15) is 18.4 Å². The Balaban J connectivity index is 1.52. The van der Waals surface area contributed by atoms with Crippen LogP contribution in [-0.4, -0.2) is 39.4 Å². The van der Waals surface area contributed by atoms with Crippen LogP contribution in [0.5, 0.6) is 0 Å². The Kier molecular flexibility index (Phi) is 4.52. The normalized spacial score (nSPS) is 17.6. The molecule has 110 valence electrons. The number of pyridine rings is 1. The highest BCUT2D eigenvalue weighted by atomic mass is 16.5. The van der Waals surface area contributed by atoms with Gasteiger partial charge in [0.2, 0.25) is 5.95 Å². The van der Waals surface area contributed by atoms with Gasteiger partial charge in [-0.05, 0) is 30.5 Å². The van der Waals surface area contributed by atoms with Gasteiger partial charge >= 0.3 is 0 Å². The van der Waals surface area contributed by atoms with Crippen molar-refractivity contribution in [1.82, 2.24) is 20.2 Å². The van der Waals surface area contributed by atoms with Gasteiger partial charge in [-0.25, -0.2) is 0 Å². The SMILES string of the molecule is c1cc(CNc2cnnc(NCC3CCCO3)n2)ccn1. The van der Waals surface area contributed by atoms with Crippen molar-refractivity contribution in [2.24, 2.45) is 0 Å². The van der Waals surface area contributed by atoms with Gasteiger partial charge in [0, 0.05) is 32.1 Å². The molecule has 0 radical (unpaired) electrons. The molecule has 0 saturated carbocycles.